The molecular formula is C14H20FN3O2. The molecule has 1 heterocycles. The molecule has 2 rings (SSSR count). The van der Waals surface area contributed by atoms with E-state index >= 15 is 0 Å². The van der Waals surface area contributed by atoms with Gasteiger partial charge in [-0.2, -0.15) is 0 Å². The number of hydrogen-bond acceptors (Lipinski definition) is 4. The highest BCUT2D eigenvalue weighted by molar-refractivity contribution is 5.51. The molecule has 0 saturated carbocycles. The largest absolute Gasteiger partial charge is 0.384 e. The molecule has 110 valence electrons. The average Bonchev–Trinajstić information content (AvgIpc) is 2.45. The maximum absolute atomic E-state index is 13.3. The number of hydrogen-bond donors (Lipinski definition) is 1. The Morgan fingerprint density at radius 3 is 2.70 bits per heavy atom. The van der Waals surface area contributed by atoms with Gasteiger partial charge in [-0.25, -0.2) is 4.39 Å². The third-order valence-electron chi connectivity index (χ3n) is 3.84. The summed E-state index contributed by atoms with van der Waals surface area (Å²) in [4.78, 5) is 12.5. The Balaban J connectivity index is 1.89. The number of rotatable bonds is 5. The third-order valence-corrected chi connectivity index (χ3v) is 3.84. The Labute approximate surface area is 117 Å². The number of nitrogens with one attached hydrogen (secondary N) is 1. The molecule has 1 aromatic rings. The van der Waals surface area contributed by atoms with Gasteiger partial charge in [0.25, 0.3) is 5.69 Å². The highest BCUT2D eigenvalue weighted by Gasteiger charge is 2.18. The molecule has 1 N–H and O–H groups in total. The lowest BCUT2D eigenvalue weighted by Crippen LogP contribution is -2.35. The second kappa shape index (κ2) is 6.65. The number of anilines is 1. The quantitative estimate of drug-likeness (QED) is 0.666. The van der Waals surface area contributed by atoms with Crippen LogP contribution in [0, 0.1) is 21.8 Å². The maximum atomic E-state index is 13.3. The number of nitro benzene ring substituents is 1. The van der Waals surface area contributed by atoms with E-state index in [1.807, 2.05) is 0 Å². The average molecular weight is 281 g/mol. The summed E-state index contributed by atoms with van der Waals surface area (Å²) in [6.45, 7) is 6.15. The Bertz CT molecular complexity index is 473. The fraction of sp³-hybridized carbons (Fsp3) is 0.571. The molecule has 0 aromatic heterocycles. The van der Waals surface area contributed by atoms with Crippen LogP contribution < -0.4 is 5.32 Å². The van der Waals surface area contributed by atoms with E-state index in [9.17, 15) is 14.5 Å². The van der Waals surface area contributed by atoms with Crippen LogP contribution in [0.15, 0.2) is 18.2 Å². The molecule has 0 atom stereocenters. The van der Waals surface area contributed by atoms with Gasteiger partial charge in [-0.05, 0) is 44.5 Å². The van der Waals surface area contributed by atoms with Gasteiger partial charge in [0.2, 0.25) is 0 Å². The van der Waals surface area contributed by atoms with Gasteiger partial charge in [0, 0.05) is 18.3 Å². The Hall–Kier alpha value is -1.69. The molecule has 1 saturated heterocycles. The van der Waals surface area contributed by atoms with Gasteiger partial charge in [-0.1, -0.05) is 6.92 Å². The second-order valence-corrected chi connectivity index (χ2v) is 5.21. The van der Waals surface area contributed by atoms with Crippen molar-refractivity contribution in [2.75, 3.05) is 31.5 Å². The van der Waals surface area contributed by atoms with E-state index in [0.717, 1.165) is 45.1 Å². The molecule has 0 radical (unpaired) electrons. The summed E-state index contributed by atoms with van der Waals surface area (Å²) in [7, 11) is 0. The van der Waals surface area contributed by atoms with Crippen LogP contribution in [0.3, 0.4) is 0 Å². The summed E-state index contributed by atoms with van der Waals surface area (Å²) in [6.07, 6.45) is 2.22. The molecule has 1 fully saturated rings. The summed E-state index contributed by atoms with van der Waals surface area (Å²) >= 11 is 0. The standard InChI is InChI=1S/C14H20FN3O2/c1-2-17-5-3-11(4-6-17)10-16-13-7-12(15)8-14(9-13)18(19)20/h7-9,11,16H,2-6,10H2,1H3. The zero-order valence-electron chi connectivity index (χ0n) is 11.6. The van der Waals surface area contributed by atoms with Crippen LogP contribution in [-0.2, 0) is 0 Å². The molecule has 0 bridgehead atoms. The highest BCUT2D eigenvalue weighted by atomic mass is 19.1. The summed E-state index contributed by atoms with van der Waals surface area (Å²) in [5, 5.41) is 13.8. The second-order valence-electron chi connectivity index (χ2n) is 5.21. The van der Waals surface area contributed by atoms with Crippen molar-refractivity contribution in [3.63, 3.8) is 0 Å². The molecule has 1 aliphatic heterocycles. The SMILES string of the molecule is CCN1CCC(CNc2cc(F)cc([N+](=O)[O-])c2)CC1. The van der Waals surface area contributed by atoms with E-state index in [0.29, 0.717) is 11.6 Å². The lowest BCUT2D eigenvalue weighted by molar-refractivity contribution is -0.385. The number of non-ortho nitro benzene ring substituents is 1. The molecule has 0 spiro atoms. The van der Waals surface area contributed by atoms with Crippen LogP contribution in [-0.4, -0.2) is 36.0 Å². The topological polar surface area (TPSA) is 58.4 Å². The van der Waals surface area contributed by atoms with E-state index in [2.05, 4.69) is 17.1 Å². The van der Waals surface area contributed by atoms with Gasteiger partial charge in [0.05, 0.1) is 11.0 Å². The van der Waals surface area contributed by atoms with Crippen molar-refractivity contribution in [2.45, 2.75) is 19.8 Å². The number of benzene rings is 1. The van der Waals surface area contributed by atoms with Crippen molar-refractivity contribution >= 4 is 11.4 Å². The lowest BCUT2D eigenvalue weighted by atomic mass is 9.97. The van der Waals surface area contributed by atoms with Gasteiger partial charge < -0.3 is 10.2 Å². The first-order valence-electron chi connectivity index (χ1n) is 6.99. The molecule has 6 heteroatoms. The van der Waals surface area contributed by atoms with Gasteiger partial charge in [-0.3, -0.25) is 10.1 Å². The normalized spacial score (nSPS) is 17.1. The van der Waals surface area contributed by atoms with E-state index in [4.69, 9.17) is 0 Å². The van der Waals surface area contributed by atoms with E-state index in [1.54, 1.807) is 0 Å². The first kappa shape index (κ1) is 14.7. The smallest absolute Gasteiger partial charge is 0.274 e. The zero-order chi connectivity index (χ0) is 14.5. The van der Waals surface area contributed by atoms with Crippen molar-refractivity contribution in [1.29, 1.82) is 0 Å². The molecule has 20 heavy (non-hydrogen) atoms. The van der Waals surface area contributed by atoms with E-state index in [1.165, 1.54) is 12.1 Å². The van der Waals surface area contributed by atoms with Crippen molar-refractivity contribution in [3.05, 3.63) is 34.1 Å². The van der Waals surface area contributed by atoms with Crippen LogP contribution in [0.1, 0.15) is 19.8 Å². The predicted octanol–water partition coefficient (Wildman–Crippen LogP) is 2.88. The van der Waals surface area contributed by atoms with Crippen molar-refractivity contribution in [3.8, 4) is 0 Å². The number of nitrogens with zero attached hydrogens (tertiary/aromatic N) is 2. The Morgan fingerprint density at radius 1 is 1.40 bits per heavy atom. The monoisotopic (exact) mass is 281 g/mol. The van der Waals surface area contributed by atoms with E-state index < -0.39 is 10.7 Å². The fourth-order valence-electron chi connectivity index (χ4n) is 2.55. The summed E-state index contributed by atoms with van der Waals surface area (Å²) < 4.78 is 13.3. The highest BCUT2D eigenvalue weighted by Crippen LogP contribution is 2.22. The van der Waals surface area contributed by atoms with Crippen molar-refractivity contribution < 1.29 is 9.31 Å². The van der Waals surface area contributed by atoms with Gasteiger partial charge in [-0.15, -0.1) is 0 Å². The van der Waals surface area contributed by atoms with Crippen molar-refractivity contribution in [2.24, 2.45) is 5.92 Å². The minimum absolute atomic E-state index is 0.215. The van der Waals surface area contributed by atoms with Gasteiger partial charge >= 0.3 is 0 Å². The molecule has 1 aromatic carbocycles. The predicted molar refractivity (Wildman–Crippen MR) is 76.4 cm³/mol. The minimum Gasteiger partial charge on any atom is -0.384 e. The molecule has 0 amide bonds. The number of halogens is 1. The van der Waals surface area contributed by atoms with Crippen molar-refractivity contribution in [1.82, 2.24) is 4.90 Å². The molecule has 1 aliphatic rings. The van der Waals surface area contributed by atoms with E-state index in [-0.39, 0.29) is 5.69 Å². The molecule has 0 unspecified atom stereocenters. The minimum atomic E-state index is -0.581. The van der Waals surface area contributed by atoms with Crippen LogP contribution in [0.25, 0.3) is 0 Å². The van der Waals surface area contributed by atoms with Crippen LogP contribution >= 0.6 is 0 Å². The fourth-order valence-corrected chi connectivity index (χ4v) is 2.55. The van der Waals surface area contributed by atoms with Crippen LogP contribution in [0.5, 0.6) is 0 Å². The first-order valence-corrected chi connectivity index (χ1v) is 6.99. The molecular weight excluding hydrogens is 261 g/mol. The lowest BCUT2D eigenvalue weighted by Gasteiger charge is -2.31. The molecule has 0 aliphatic carbocycles. The summed E-state index contributed by atoms with van der Waals surface area (Å²) in [5.41, 5.74) is 0.267. The maximum Gasteiger partial charge on any atom is 0.274 e. The van der Waals surface area contributed by atoms with Crippen LogP contribution in [0.2, 0.25) is 0 Å². The summed E-state index contributed by atoms with van der Waals surface area (Å²) in [6, 6.07) is 3.61. The third kappa shape index (κ3) is 3.90. The van der Waals surface area contributed by atoms with Gasteiger partial charge in [0.1, 0.15) is 5.82 Å². The van der Waals surface area contributed by atoms with Crippen LogP contribution in [0.4, 0.5) is 15.8 Å². The Morgan fingerprint density at radius 2 is 2.10 bits per heavy atom. The number of likely N-dealkylation sites (tertiary alicyclic amines) is 1. The number of piperidine rings is 1. The molecule has 5 nitrogen and oxygen atoms in total. The first-order chi connectivity index (χ1) is 9.58. The van der Waals surface area contributed by atoms with Gasteiger partial charge in [0.15, 0.2) is 0 Å². The Kier molecular flexibility index (Phi) is 4.89. The zero-order valence-corrected chi connectivity index (χ0v) is 11.6. The number of nitro groups is 1. The summed E-state index contributed by atoms with van der Waals surface area (Å²) in [5.74, 6) is -0.0392.